The lowest BCUT2D eigenvalue weighted by atomic mass is 10.1. The molecular weight excluding hydrogens is 298 g/mol. The average Bonchev–Trinajstić information content (AvgIpc) is 3.16. The summed E-state index contributed by atoms with van der Waals surface area (Å²) in [5, 5.41) is 2.98. The molecule has 0 saturated carbocycles. The number of thioether (sulfide) groups is 1. The van der Waals surface area contributed by atoms with Crippen molar-refractivity contribution in [1.29, 1.82) is 0 Å². The SMILES string of the molecule is COCCn1cncc1CNC(=O)C1Cc2ccccc2S1. The first kappa shape index (κ1) is 15.1. The van der Waals surface area contributed by atoms with Gasteiger partial charge in [0.1, 0.15) is 0 Å². The topological polar surface area (TPSA) is 56.1 Å². The van der Waals surface area contributed by atoms with Crippen LogP contribution in [0.15, 0.2) is 41.7 Å². The first-order valence-corrected chi connectivity index (χ1v) is 8.16. The van der Waals surface area contributed by atoms with Gasteiger partial charge in [-0.25, -0.2) is 4.98 Å². The second-order valence-corrected chi connectivity index (χ2v) is 6.45. The van der Waals surface area contributed by atoms with E-state index < -0.39 is 0 Å². The van der Waals surface area contributed by atoms with Gasteiger partial charge in [0.15, 0.2) is 0 Å². The maximum Gasteiger partial charge on any atom is 0.234 e. The molecular formula is C16H19N3O2S. The van der Waals surface area contributed by atoms with Gasteiger partial charge < -0.3 is 14.6 Å². The van der Waals surface area contributed by atoms with Crippen molar-refractivity contribution in [2.75, 3.05) is 13.7 Å². The number of carbonyl (C=O) groups excluding carboxylic acids is 1. The Bertz CT molecular complexity index is 631. The molecule has 6 heteroatoms. The summed E-state index contributed by atoms with van der Waals surface area (Å²) >= 11 is 1.65. The predicted octanol–water partition coefficient (Wildman–Crippen LogP) is 1.86. The normalized spacial score (nSPS) is 16.5. The average molecular weight is 317 g/mol. The van der Waals surface area contributed by atoms with E-state index in [1.165, 1.54) is 10.5 Å². The Morgan fingerprint density at radius 2 is 2.36 bits per heavy atom. The van der Waals surface area contributed by atoms with Gasteiger partial charge in [0.25, 0.3) is 0 Å². The van der Waals surface area contributed by atoms with E-state index in [9.17, 15) is 4.79 Å². The van der Waals surface area contributed by atoms with Crippen molar-refractivity contribution in [3.05, 3.63) is 48.0 Å². The summed E-state index contributed by atoms with van der Waals surface area (Å²) in [6, 6.07) is 8.21. The van der Waals surface area contributed by atoms with Crippen molar-refractivity contribution in [1.82, 2.24) is 14.9 Å². The summed E-state index contributed by atoms with van der Waals surface area (Å²) < 4.78 is 7.07. The number of nitrogens with zero attached hydrogens (tertiary/aromatic N) is 2. The fourth-order valence-corrected chi connectivity index (χ4v) is 3.73. The number of fused-ring (bicyclic) bond motifs is 1. The maximum atomic E-state index is 12.3. The number of methoxy groups -OCH3 is 1. The van der Waals surface area contributed by atoms with Crippen LogP contribution >= 0.6 is 11.8 Å². The number of rotatable bonds is 6. The maximum absolute atomic E-state index is 12.3. The van der Waals surface area contributed by atoms with E-state index in [0.29, 0.717) is 13.2 Å². The van der Waals surface area contributed by atoms with Crippen LogP contribution in [-0.4, -0.2) is 34.4 Å². The Balaban J connectivity index is 1.54. The molecule has 0 aliphatic carbocycles. The molecule has 1 aliphatic rings. The minimum atomic E-state index is -0.0345. The van der Waals surface area contributed by atoms with E-state index in [-0.39, 0.29) is 11.2 Å². The summed E-state index contributed by atoms with van der Waals surface area (Å²) in [6.45, 7) is 1.87. The molecule has 3 rings (SSSR count). The van der Waals surface area contributed by atoms with Gasteiger partial charge in [-0.2, -0.15) is 0 Å². The minimum absolute atomic E-state index is 0.0345. The van der Waals surface area contributed by atoms with Crippen LogP contribution in [0, 0.1) is 0 Å². The highest BCUT2D eigenvalue weighted by atomic mass is 32.2. The molecule has 2 heterocycles. The van der Waals surface area contributed by atoms with Crippen LogP contribution in [0.4, 0.5) is 0 Å². The van der Waals surface area contributed by atoms with E-state index in [2.05, 4.69) is 22.4 Å². The van der Waals surface area contributed by atoms with Gasteiger partial charge in [0.2, 0.25) is 5.91 Å². The number of amides is 1. The molecule has 1 unspecified atom stereocenters. The molecule has 1 amide bonds. The summed E-state index contributed by atoms with van der Waals surface area (Å²) in [4.78, 5) is 17.7. The highest BCUT2D eigenvalue weighted by molar-refractivity contribution is 8.01. The molecule has 5 nitrogen and oxygen atoms in total. The Labute approximate surface area is 134 Å². The number of hydrogen-bond donors (Lipinski definition) is 1. The predicted molar refractivity (Wildman–Crippen MR) is 85.7 cm³/mol. The molecule has 0 radical (unpaired) electrons. The molecule has 1 atom stereocenters. The quantitative estimate of drug-likeness (QED) is 0.883. The van der Waals surface area contributed by atoms with Crippen LogP contribution in [0.25, 0.3) is 0 Å². The van der Waals surface area contributed by atoms with Gasteiger partial charge in [-0.1, -0.05) is 18.2 Å². The molecule has 0 fully saturated rings. The number of ether oxygens (including phenoxy) is 1. The fraction of sp³-hybridized carbons (Fsp3) is 0.375. The zero-order valence-corrected chi connectivity index (χ0v) is 13.3. The lowest BCUT2D eigenvalue weighted by Crippen LogP contribution is -2.32. The highest BCUT2D eigenvalue weighted by Crippen LogP contribution is 2.36. The van der Waals surface area contributed by atoms with Gasteiger partial charge in [-0.3, -0.25) is 4.79 Å². The number of carbonyl (C=O) groups is 1. The third-order valence-corrected chi connectivity index (χ3v) is 5.04. The van der Waals surface area contributed by atoms with Gasteiger partial charge in [0.05, 0.1) is 30.4 Å². The smallest absolute Gasteiger partial charge is 0.234 e. The molecule has 1 aromatic carbocycles. The third kappa shape index (κ3) is 3.34. The molecule has 0 spiro atoms. The van der Waals surface area contributed by atoms with Crippen LogP contribution in [0.3, 0.4) is 0 Å². The second-order valence-electron chi connectivity index (χ2n) is 5.21. The summed E-state index contributed by atoms with van der Waals surface area (Å²) in [5.74, 6) is 0.0840. The van der Waals surface area contributed by atoms with E-state index in [4.69, 9.17) is 4.74 Å². The number of imidazole rings is 1. The van der Waals surface area contributed by atoms with Gasteiger partial charge in [0, 0.05) is 24.7 Å². The Hall–Kier alpha value is -1.79. The first-order chi connectivity index (χ1) is 10.8. The van der Waals surface area contributed by atoms with Crippen molar-refractivity contribution < 1.29 is 9.53 Å². The Kier molecular flexibility index (Phi) is 4.80. The van der Waals surface area contributed by atoms with Gasteiger partial charge in [-0.05, 0) is 18.1 Å². The highest BCUT2D eigenvalue weighted by Gasteiger charge is 2.27. The van der Waals surface area contributed by atoms with Gasteiger partial charge in [-0.15, -0.1) is 11.8 Å². The Morgan fingerprint density at radius 3 is 3.18 bits per heavy atom. The van der Waals surface area contributed by atoms with E-state index in [1.54, 1.807) is 31.4 Å². The lowest BCUT2D eigenvalue weighted by Gasteiger charge is -2.11. The van der Waals surface area contributed by atoms with Crippen molar-refractivity contribution >= 4 is 17.7 Å². The van der Waals surface area contributed by atoms with Crippen molar-refractivity contribution in [3.63, 3.8) is 0 Å². The third-order valence-electron chi connectivity index (χ3n) is 3.72. The van der Waals surface area contributed by atoms with Crippen molar-refractivity contribution in [2.45, 2.75) is 29.7 Å². The second kappa shape index (κ2) is 6.98. The Morgan fingerprint density at radius 1 is 1.50 bits per heavy atom. The fourth-order valence-electron chi connectivity index (χ4n) is 2.51. The van der Waals surface area contributed by atoms with E-state index in [1.807, 2.05) is 16.7 Å². The van der Waals surface area contributed by atoms with Crippen LogP contribution in [0.1, 0.15) is 11.3 Å². The molecule has 22 heavy (non-hydrogen) atoms. The molecule has 0 saturated heterocycles. The zero-order valence-electron chi connectivity index (χ0n) is 12.5. The number of nitrogens with one attached hydrogen (secondary N) is 1. The molecule has 1 N–H and O–H groups in total. The van der Waals surface area contributed by atoms with Crippen LogP contribution in [0.2, 0.25) is 0 Å². The summed E-state index contributed by atoms with van der Waals surface area (Å²) in [6.07, 6.45) is 4.35. The molecule has 116 valence electrons. The number of benzene rings is 1. The summed E-state index contributed by atoms with van der Waals surface area (Å²) in [5.41, 5.74) is 2.25. The van der Waals surface area contributed by atoms with Crippen LogP contribution < -0.4 is 5.32 Å². The molecule has 1 aromatic heterocycles. The first-order valence-electron chi connectivity index (χ1n) is 7.28. The van der Waals surface area contributed by atoms with E-state index in [0.717, 1.165) is 18.7 Å². The monoisotopic (exact) mass is 317 g/mol. The van der Waals surface area contributed by atoms with Crippen LogP contribution in [0.5, 0.6) is 0 Å². The standard InChI is InChI=1S/C16H19N3O2S/c1-21-7-6-19-11-17-9-13(19)10-18-16(20)15-8-12-4-2-3-5-14(12)22-15/h2-5,9,11,15H,6-8,10H2,1H3,(H,18,20). The zero-order chi connectivity index (χ0) is 15.4. The molecule has 2 aromatic rings. The number of aromatic nitrogens is 2. The molecule has 0 bridgehead atoms. The van der Waals surface area contributed by atoms with Crippen LogP contribution in [-0.2, 0) is 29.0 Å². The molecule has 1 aliphatic heterocycles. The largest absolute Gasteiger partial charge is 0.383 e. The lowest BCUT2D eigenvalue weighted by molar-refractivity contribution is -0.120. The van der Waals surface area contributed by atoms with E-state index >= 15 is 0 Å². The van der Waals surface area contributed by atoms with Crippen molar-refractivity contribution in [3.8, 4) is 0 Å². The van der Waals surface area contributed by atoms with Gasteiger partial charge >= 0.3 is 0 Å². The number of hydrogen-bond acceptors (Lipinski definition) is 4. The minimum Gasteiger partial charge on any atom is -0.383 e. The van der Waals surface area contributed by atoms with Crippen molar-refractivity contribution in [2.24, 2.45) is 0 Å². The summed E-state index contributed by atoms with van der Waals surface area (Å²) in [7, 11) is 1.67.